The highest BCUT2D eigenvalue weighted by molar-refractivity contribution is 6.01. The van der Waals surface area contributed by atoms with Crippen molar-refractivity contribution in [2.75, 3.05) is 11.4 Å². The van der Waals surface area contributed by atoms with Gasteiger partial charge in [0.05, 0.1) is 5.56 Å². The third-order valence-electron chi connectivity index (χ3n) is 3.05. The fourth-order valence-corrected chi connectivity index (χ4v) is 2.14. The van der Waals surface area contributed by atoms with E-state index in [0.29, 0.717) is 5.56 Å². The number of para-hydroxylation sites is 1. The Labute approximate surface area is 113 Å². The predicted octanol–water partition coefficient (Wildman–Crippen LogP) is 2.83. The van der Waals surface area contributed by atoms with Gasteiger partial charge in [0.1, 0.15) is 11.7 Å². The smallest absolute Gasteiger partial charge is 0.144 e. The van der Waals surface area contributed by atoms with Gasteiger partial charge in [-0.3, -0.25) is 5.41 Å². The Morgan fingerprint density at radius 1 is 1.26 bits per heavy atom. The van der Waals surface area contributed by atoms with Crippen LogP contribution in [0.3, 0.4) is 0 Å². The van der Waals surface area contributed by atoms with Crippen LogP contribution in [0.2, 0.25) is 0 Å². The molecule has 0 fully saturated rings. The van der Waals surface area contributed by atoms with Crippen molar-refractivity contribution < 1.29 is 0 Å². The lowest BCUT2D eigenvalue weighted by Gasteiger charge is -2.25. The lowest BCUT2D eigenvalue weighted by Crippen LogP contribution is -2.24. The zero-order valence-corrected chi connectivity index (χ0v) is 11.2. The van der Waals surface area contributed by atoms with E-state index >= 15 is 0 Å². The minimum absolute atomic E-state index is 0.0509. The summed E-state index contributed by atoms with van der Waals surface area (Å²) in [6, 6.07) is 11.9. The molecule has 0 saturated carbocycles. The van der Waals surface area contributed by atoms with Crippen molar-refractivity contribution in [3.63, 3.8) is 0 Å². The van der Waals surface area contributed by atoms with Crippen molar-refractivity contribution >= 4 is 17.3 Å². The van der Waals surface area contributed by atoms with Crippen LogP contribution in [0, 0.1) is 12.3 Å². The molecule has 0 amide bonds. The standard InChI is InChI=1S/C15H18N4/c1-3-19(12-7-5-4-6-8-12)15-13(14(16)17)11(2)9-10-18-15/h4-10H,3H2,1-2H3,(H3,16,17). The van der Waals surface area contributed by atoms with Gasteiger partial charge in [-0.25, -0.2) is 4.98 Å². The SMILES string of the molecule is CCN(c1ccccc1)c1nccc(C)c1C(=N)N. The summed E-state index contributed by atoms with van der Waals surface area (Å²) in [5.41, 5.74) is 8.42. The quantitative estimate of drug-likeness (QED) is 0.651. The largest absolute Gasteiger partial charge is 0.384 e. The molecule has 98 valence electrons. The number of aryl methyl sites for hydroxylation is 1. The van der Waals surface area contributed by atoms with Gasteiger partial charge in [0.15, 0.2) is 0 Å². The molecule has 2 aromatic rings. The minimum atomic E-state index is 0.0509. The highest BCUT2D eigenvalue weighted by Gasteiger charge is 2.16. The monoisotopic (exact) mass is 254 g/mol. The first-order chi connectivity index (χ1) is 9.15. The molecule has 19 heavy (non-hydrogen) atoms. The summed E-state index contributed by atoms with van der Waals surface area (Å²) in [6.07, 6.45) is 1.75. The second-order valence-corrected chi connectivity index (χ2v) is 4.32. The van der Waals surface area contributed by atoms with Crippen molar-refractivity contribution in [3.8, 4) is 0 Å². The zero-order chi connectivity index (χ0) is 13.8. The van der Waals surface area contributed by atoms with Crippen LogP contribution in [-0.2, 0) is 0 Å². The van der Waals surface area contributed by atoms with Gasteiger partial charge in [0, 0.05) is 18.4 Å². The van der Waals surface area contributed by atoms with E-state index < -0.39 is 0 Å². The van der Waals surface area contributed by atoms with Crippen molar-refractivity contribution in [1.29, 1.82) is 5.41 Å². The molecular formula is C15H18N4. The Morgan fingerprint density at radius 2 is 1.95 bits per heavy atom. The number of nitrogen functional groups attached to an aromatic ring is 1. The van der Waals surface area contributed by atoms with Crippen LogP contribution in [0.5, 0.6) is 0 Å². The van der Waals surface area contributed by atoms with Crippen molar-refractivity contribution in [3.05, 3.63) is 53.7 Å². The number of aromatic nitrogens is 1. The number of benzene rings is 1. The fraction of sp³-hybridized carbons (Fsp3) is 0.200. The molecule has 0 spiro atoms. The van der Waals surface area contributed by atoms with Crippen molar-refractivity contribution in [2.45, 2.75) is 13.8 Å². The van der Waals surface area contributed by atoms with E-state index in [-0.39, 0.29) is 5.84 Å². The molecule has 3 N–H and O–H groups in total. The second-order valence-electron chi connectivity index (χ2n) is 4.32. The maximum absolute atomic E-state index is 7.76. The number of nitrogens with one attached hydrogen (secondary N) is 1. The van der Waals surface area contributed by atoms with Gasteiger partial charge in [-0.15, -0.1) is 0 Å². The topological polar surface area (TPSA) is 66.0 Å². The van der Waals surface area contributed by atoms with Gasteiger partial charge in [0.2, 0.25) is 0 Å². The van der Waals surface area contributed by atoms with Gasteiger partial charge < -0.3 is 10.6 Å². The van der Waals surface area contributed by atoms with Gasteiger partial charge in [-0.1, -0.05) is 18.2 Å². The highest BCUT2D eigenvalue weighted by Crippen LogP contribution is 2.27. The number of nitrogens with zero attached hydrogens (tertiary/aromatic N) is 2. The molecular weight excluding hydrogens is 236 g/mol. The number of hydrogen-bond acceptors (Lipinski definition) is 3. The van der Waals surface area contributed by atoms with Gasteiger partial charge in [-0.2, -0.15) is 0 Å². The molecule has 0 unspecified atom stereocenters. The second kappa shape index (κ2) is 5.52. The van der Waals surface area contributed by atoms with Crippen LogP contribution in [0.25, 0.3) is 0 Å². The van der Waals surface area contributed by atoms with Crippen LogP contribution in [-0.4, -0.2) is 17.4 Å². The van der Waals surface area contributed by atoms with E-state index in [1.54, 1.807) is 6.20 Å². The molecule has 4 heteroatoms. The first-order valence-electron chi connectivity index (χ1n) is 6.27. The van der Waals surface area contributed by atoms with Crippen LogP contribution in [0.1, 0.15) is 18.1 Å². The molecule has 0 radical (unpaired) electrons. The fourth-order valence-electron chi connectivity index (χ4n) is 2.14. The maximum atomic E-state index is 7.76. The number of amidine groups is 1. The van der Waals surface area contributed by atoms with Crippen LogP contribution < -0.4 is 10.6 Å². The zero-order valence-electron chi connectivity index (χ0n) is 11.2. The molecule has 4 nitrogen and oxygen atoms in total. The number of pyridine rings is 1. The average Bonchev–Trinajstić information content (AvgIpc) is 2.40. The summed E-state index contributed by atoms with van der Waals surface area (Å²) in [5.74, 6) is 0.788. The highest BCUT2D eigenvalue weighted by atomic mass is 15.2. The Kier molecular flexibility index (Phi) is 3.80. The lowest BCUT2D eigenvalue weighted by molar-refractivity contribution is 0.982. The Balaban J connectivity index is 2.56. The first-order valence-corrected chi connectivity index (χ1v) is 6.27. The summed E-state index contributed by atoms with van der Waals surface area (Å²) in [7, 11) is 0. The molecule has 1 aromatic heterocycles. The summed E-state index contributed by atoms with van der Waals surface area (Å²) in [4.78, 5) is 6.47. The van der Waals surface area contributed by atoms with Crippen molar-refractivity contribution in [1.82, 2.24) is 4.98 Å². The molecule has 1 aromatic carbocycles. The molecule has 1 heterocycles. The molecule has 2 rings (SSSR count). The van der Waals surface area contributed by atoms with Gasteiger partial charge in [-0.05, 0) is 37.6 Å². The normalized spacial score (nSPS) is 10.2. The molecule has 0 atom stereocenters. The Hall–Kier alpha value is -2.36. The summed E-state index contributed by atoms with van der Waals surface area (Å²) < 4.78 is 0. The van der Waals surface area contributed by atoms with E-state index in [4.69, 9.17) is 11.1 Å². The maximum Gasteiger partial charge on any atom is 0.144 e. The predicted molar refractivity (Wildman–Crippen MR) is 79.1 cm³/mol. The van der Waals surface area contributed by atoms with Crippen LogP contribution in [0.15, 0.2) is 42.6 Å². The average molecular weight is 254 g/mol. The molecule has 0 aliphatic heterocycles. The molecule has 0 bridgehead atoms. The first kappa shape index (κ1) is 13.1. The van der Waals surface area contributed by atoms with Gasteiger partial charge in [0.25, 0.3) is 0 Å². The summed E-state index contributed by atoms with van der Waals surface area (Å²) in [6.45, 7) is 4.77. The summed E-state index contributed by atoms with van der Waals surface area (Å²) >= 11 is 0. The van der Waals surface area contributed by atoms with Crippen LogP contribution >= 0.6 is 0 Å². The van der Waals surface area contributed by atoms with E-state index in [0.717, 1.165) is 23.6 Å². The Morgan fingerprint density at radius 3 is 2.53 bits per heavy atom. The third kappa shape index (κ3) is 2.57. The number of rotatable bonds is 4. The van der Waals surface area contributed by atoms with E-state index in [2.05, 4.69) is 16.8 Å². The minimum Gasteiger partial charge on any atom is -0.384 e. The van der Waals surface area contributed by atoms with Crippen LogP contribution in [0.4, 0.5) is 11.5 Å². The third-order valence-corrected chi connectivity index (χ3v) is 3.05. The van der Waals surface area contributed by atoms with E-state index in [1.165, 1.54) is 0 Å². The van der Waals surface area contributed by atoms with Crippen molar-refractivity contribution in [2.24, 2.45) is 5.73 Å². The molecule has 0 saturated heterocycles. The molecule has 0 aliphatic carbocycles. The summed E-state index contributed by atoms with van der Waals surface area (Å²) in [5, 5.41) is 7.76. The number of nitrogens with two attached hydrogens (primary N) is 1. The van der Waals surface area contributed by atoms with E-state index in [9.17, 15) is 0 Å². The molecule has 0 aliphatic rings. The van der Waals surface area contributed by atoms with Gasteiger partial charge >= 0.3 is 0 Å². The number of anilines is 2. The van der Waals surface area contributed by atoms with E-state index in [1.807, 2.05) is 43.3 Å². The number of hydrogen-bond donors (Lipinski definition) is 2. The lowest BCUT2D eigenvalue weighted by atomic mass is 10.1. The Bertz CT molecular complexity index is 578.